The fourth-order valence-corrected chi connectivity index (χ4v) is 5.73. The molecule has 36 heavy (non-hydrogen) atoms. The Morgan fingerprint density at radius 2 is 1.67 bits per heavy atom. The molecule has 2 N–H and O–H groups in total. The molecule has 0 spiro atoms. The normalized spacial score (nSPS) is 20.9. The molecule has 0 bridgehead atoms. The molecule has 4 rings (SSSR count). The van der Waals surface area contributed by atoms with Gasteiger partial charge in [-0.1, -0.05) is 12.1 Å². The lowest BCUT2D eigenvalue weighted by molar-refractivity contribution is -0.857. The van der Waals surface area contributed by atoms with E-state index in [1.165, 1.54) is 57.7 Å². The molecule has 2 fully saturated rings. The molecule has 2 aliphatic rings. The van der Waals surface area contributed by atoms with Gasteiger partial charge in [0, 0.05) is 18.7 Å². The lowest BCUT2D eigenvalue weighted by atomic mass is 9.95. The number of nitrogens with one attached hydrogen (secondary N) is 1. The highest BCUT2D eigenvalue weighted by Crippen LogP contribution is 2.39. The third kappa shape index (κ3) is 5.05. The molecule has 2 saturated heterocycles. The van der Waals surface area contributed by atoms with Crippen molar-refractivity contribution in [2.75, 3.05) is 53.5 Å². The van der Waals surface area contributed by atoms with Gasteiger partial charge in [-0.05, 0) is 42.0 Å². The summed E-state index contributed by atoms with van der Waals surface area (Å²) in [5.41, 5.74) is 0.556. The summed E-state index contributed by atoms with van der Waals surface area (Å²) in [5, 5.41) is 11.2. The van der Waals surface area contributed by atoms with Crippen molar-refractivity contribution in [2.45, 2.75) is 10.9 Å². The zero-order chi connectivity index (χ0) is 26.0. The van der Waals surface area contributed by atoms with Crippen LogP contribution in [0.4, 0.5) is 4.39 Å². The van der Waals surface area contributed by atoms with E-state index in [4.69, 9.17) is 4.74 Å². The molecule has 1 amide bonds. The van der Waals surface area contributed by atoms with Crippen LogP contribution >= 0.6 is 0 Å². The molecule has 2 aromatic carbocycles. The van der Waals surface area contributed by atoms with Gasteiger partial charge in [-0.2, -0.15) is 4.31 Å². The Bertz CT molecular complexity index is 1270. The number of likely N-dealkylation sites (tertiary alicyclic amines) is 1. The van der Waals surface area contributed by atoms with E-state index in [9.17, 15) is 27.5 Å². The van der Waals surface area contributed by atoms with Crippen LogP contribution in [0.3, 0.4) is 0 Å². The number of sulfonamides is 1. The number of rotatable bonds is 7. The Kier molecular flexibility index (Phi) is 7.55. The fourth-order valence-electron chi connectivity index (χ4n) is 4.32. The summed E-state index contributed by atoms with van der Waals surface area (Å²) >= 11 is 0. The van der Waals surface area contributed by atoms with E-state index in [1.54, 1.807) is 0 Å². The molecule has 2 aliphatic heterocycles. The number of morpholine rings is 1. The monoisotopic (exact) mass is 518 g/mol. The highest BCUT2D eigenvalue weighted by molar-refractivity contribution is 7.89. The van der Waals surface area contributed by atoms with Crippen molar-refractivity contribution in [1.82, 2.24) is 9.21 Å². The maximum Gasteiger partial charge on any atom is 0.295 e. The summed E-state index contributed by atoms with van der Waals surface area (Å²) < 4.78 is 46.0. The summed E-state index contributed by atoms with van der Waals surface area (Å²) in [7, 11) is 0.0887. The number of carbonyl (C=O) groups is 2. The van der Waals surface area contributed by atoms with Crippen LogP contribution < -0.4 is 4.90 Å². The zero-order valence-electron chi connectivity index (χ0n) is 20.1. The maximum absolute atomic E-state index is 13.6. The number of benzene rings is 2. The molecule has 11 heteroatoms. The first-order valence-corrected chi connectivity index (χ1v) is 13.1. The number of ketones is 1. The Labute approximate surface area is 209 Å². The van der Waals surface area contributed by atoms with Crippen molar-refractivity contribution in [2.24, 2.45) is 0 Å². The molecule has 192 valence electrons. The second-order valence-corrected chi connectivity index (χ2v) is 11.0. The average Bonchev–Trinajstić information content (AvgIpc) is 3.13. The molecule has 0 aromatic heterocycles. The molecular weight excluding hydrogens is 489 g/mol. The topological polar surface area (TPSA) is 109 Å². The minimum atomic E-state index is -3.74. The van der Waals surface area contributed by atoms with Crippen molar-refractivity contribution in [3.8, 4) is 0 Å². The number of carbonyl (C=O) groups excluding carboxylic acids is 2. The average molecular weight is 519 g/mol. The van der Waals surface area contributed by atoms with Gasteiger partial charge in [0.05, 0.1) is 56.9 Å². The number of quaternary nitrogens is 1. The molecule has 2 aromatic rings. The predicted octanol–water partition coefficient (Wildman–Crippen LogP) is 0.413. The van der Waals surface area contributed by atoms with Gasteiger partial charge in [0.2, 0.25) is 10.0 Å². The molecule has 0 radical (unpaired) electrons. The molecule has 0 saturated carbocycles. The second-order valence-electron chi connectivity index (χ2n) is 9.04. The van der Waals surface area contributed by atoms with Crippen LogP contribution in [0.25, 0.3) is 5.76 Å². The van der Waals surface area contributed by atoms with Crippen LogP contribution in [0.15, 0.2) is 59.0 Å². The van der Waals surface area contributed by atoms with Gasteiger partial charge >= 0.3 is 0 Å². The Morgan fingerprint density at radius 3 is 2.25 bits per heavy atom. The van der Waals surface area contributed by atoms with Crippen molar-refractivity contribution < 1.29 is 37.1 Å². The summed E-state index contributed by atoms with van der Waals surface area (Å²) in [4.78, 5) is 28.5. The lowest BCUT2D eigenvalue weighted by Crippen LogP contribution is -3.06. The quantitative estimate of drug-likeness (QED) is 0.312. The Morgan fingerprint density at radius 1 is 1.06 bits per heavy atom. The number of halogens is 1. The lowest BCUT2D eigenvalue weighted by Gasteiger charge is -2.26. The highest BCUT2D eigenvalue weighted by atomic mass is 32.2. The summed E-state index contributed by atoms with van der Waals surface area (Å²) in [6.45, 7) is 1.94. The standard InChI is InChI=1S/C25H28FN3O6S/c1-27(2)11-12-29-22(17-3-7-19(26)8-4-17)21(24(31)25(29)32)23(30)18-5-9-20(10-6-18)36(33,34)28-13-15-35-16-14-28/h3-10,22,30H,11-16H2,1-2H3/p+1. The summed E-state index contributed by atoms with van der Waals surface area (Å²) in [6, 6.07) is 10.1. The van der Waals surface area contributed by atoms with Gasteiger partial charge in [-0.25, -0.2) is 12.8 Å². The molecular formula is C25H29FN3O6S+. The van der Waals surface area contributed by atoms with Crippen LogP contribution in [0.1, 0.15) is 17.2 Å². The number of nitrogens with zero attached hydrogens (tertiary/aromatic N) is 2. The zero-order valence-corrected chi connectivity index (χ0v) is 20.9. The number of ether oxygens (including phenoxy) is 1. The van der Waals surface area contributed by atoms with Crippen molar-refractivity contribution in [1.29, 1.82) is 0 Å². The fraction of sp³-hybridized carbons (Fsp3) is 0.360. The van der Waals surface area contributed by atoms with Crippen LogP contribution in [-0.4, -0.2) is 87.9 Å². The van der Waals surface area contributed by atoms with Gasteiger partial charge < -0.3 is 19.6 Å². The van der Waals surface area contributed by atoms with E-state index in [0.29, 0.717) is 25.3 Å². The van der Waals surface area contributed by atoms with Crippen molar-refractivity contribution in [3.05, 3.63) is 71.0 Å². The first kappa shape index (κ1) is 26.0. The predicted molar refractivity (Wildman–Crippen MR) is 129 cm³/mol. The van der Waals surface area contributed by atoms with E-state index in [-0.39, 0.29) is 35.7 Å². The minimum absolute atomic E-state index is 0.0467. The third-order valence-corrected chi connectivity index (χ3v) is 8.23. The van der Waals surface area contributed by atoms with E-state index in [1.807, 2.05) is 14.1 Å². The minimum Gasteiger partial charge on any atom is -0.507 e. The van der Waals surface area contributed by atoms with E-state index in [2.05, 4.69) is 0 Å². The number of aliphatic hydroxyl groups excluding tert-OH is 1. The molecule has 1 atom stereocenters. The van der Waals surface area contributed by atoms with Crippen LogP contribution in [0, 0.1) is 5.82 Å². The van der Waals surface area contributed by atoms with Gasteiger partial charge in [-0.3, -0.25) is 9.59 Å². The first-order valence-electron chi connectivity index (χ1n) is 11.6. The number of hydrogen-bond acceptors (Lipinski definition) is 6. The number of amides is 1. The Balaban J connectivity index is 1.73. The van der Waals surface area contributed by atoms with Crippen LogP contribution in [-0.2, 0) is 24.3 Å². The van der Waals surface area contributed by atoms with Gasteiger partial charge in [0.15, 0.2) is 0 Å². The van der Waals surface area contributed by atoms with Crippen molar-refractivity contribution >= 4 is 27.5 Å². The van der Waals surface area contributed by atoms with Gasteiger partial charge in [0.1, 0.15) is 11.6 Å². The third-order valence-electron chi connectivity index (χ3n) is 6.31. The molecule has 1 unspecified atom stereocenters. The smallest absolute Gasteiger partial charge is 0.295 e. The number of likely N-dealkylation sites (N-methyl/N-ethyl adjacent to an activating group) is 1. The van der Waals surface area contributed by atoms with Crippen LogP contribution in [0.2, 0.25) is 0 Å². The SMILES string of the molecule is C[NH+](C)CCN1C(=O)C(=O)C(=C(O)c2ccc(S(=O)(=O)N3CCOCC3)cc2)C1c1ccc(F)cc1. The summed E-state index contributed by atoms with van der Waals surface area (Å²) in [5.74, 6) is -2.48. The largest absolute Gasteiger partial charge is 0.507 e. The highest BCUT2D eigenvalue weighted by Gasteiger charge is 2.46. The van der Waals surface area contributed by atoms with Gasteiger partial charge in [-0.15, -0.1) is 0 Å². The molecule has 2 heterocycles. The van der Waals surface area contributed by atoms with E-state index < -0.39 is 39.3 Å². The maximum atomic E-state index is 13.6. The number of Topliss-reactive ketones (excluding diaryl/α,β-unsaturated/α-hetero) is 1. The number of aliphatic hydroxyl groups is 1. The van der Waals surface area contributed by atoms with Gasteiger partial charge in [0.25, 0.3) is 11.7 Å². The molecule has 9 nitrogen and oxygen atoms in total. The molecule has 0 aliphatic carbocycles. The van der Waals surface area contributed by atoms with E-state index in [0.717, 1.165) is 4.90 Å². The second kappa shape index (κ2) is 10.5. The first-order chi connectivity index (χ1) is 17.1. The van der Waals surface area contributed by atoms with Crippen molar-refractivity contribution in [3.63, 3.8) is 0 Å². The van der Waals surface area contributed by atoms with Crippen LogP contribution in [0.5, 0.6) is 0 Å². The number of hydrogen-bond donors (Lipinski definition) is 2. The van der Waals surface area contributed by atoms with E-state index >= 15 is 0 Å². The summed E-state index contributed by atoms with van der Waals surface area (Å²) in [6.07, 6.45) is 0. The Hall–Kier alpha value is -3.12.